The molecular weight excluding hydrogens is 394 g/mol. The van der Waals surface area contributed by atoms with Gasteiger partial charge in [0.2, 0.25) is 10.0 Å². The van der Waals surface area contributed by atoms with Crippen LogP contribution >= 0.6 is 0 Å². The minimum Gasteiger partial charge on any atom is -0.493 e. The summed E-state index contributed by atoms with van der Waals surface area (Å²) >= 11 is 0. The summed E-state index contributed by atoms with van der Waals surface area (Å²) in [6, 6.07) is 11.9. The Hall–Kier alpha value is -2.58. The average molecular weight is 419 g/mol. The molecule has 0 spiro atoms. The zero-order valence-electron chi connectivity index (χ0n) is 16.8. The van der Waals surface area contributed by atoms with Gasteiger partial charge in [-0.1, -0.05) is 30.3 Å². The lowest BCUT2D eigenvalue weighted by atomic mass is 9.91. The Labute approximate surface area is 171 Å². The number of benzene rings is 2. The van der Waals surface area contributed by atoms with Crippen molar-refractivity contribution in [3.63, 3.8) is 0 Å². The summed E-state index contributed by atoms with van der Waals surface area (Å²) in [6.45, 7) is 0.277. The highest BCUT2D eigenvalue weighted by Gasteiger charge is 2.37. The first-order valence-corrected chi connectivity index (χ1v) is 10.9. The molecule has 0 aromatic heterocycles. The predicted octanol–water partition coefficient (Wildman–Crippen LogP) is 2.70. The Morgan fingerprint density at radius 2 is 1.72 bits per heavy atom. The van der Waals surface area contributed by atoms with Gasteiger partial charge >= 0.3 is 5.97 Å². The minimum absolute atomic E-state index is 0.0764. The maximum Gasteiger partial charge on any atom is 0.307 e. The van der Waals surface area contributed by atoms with Gasteiger partial charge in [0.1, 0.15) is 0 Å². The molecule has 0 saturated heterocycles. The third kappa shape index (κ3) is 4.54. The van der Waals surface area contributed by atoms with Crippen molar-refractivity contribution in [2.75, 3.05) is 27.9 Å². The summed E-state index contributed by atoms with van der Waals surface area (Å²) in [7, 11) is 0.703. The summed E-state index contributed by atoms with van der Waals surface area (Å²) < 4.78 is 43.5. The molecule has 2 aromatic rings. The van der Waals surface area contributed by atoms with E-state index in [9.17, 15) is 13.2 Å². The molecule has 1 aliphatic rings. The highest BCUT2D eigenvalue weighted by Crippen LogP contribution is 2.41. The quantitative estimate of drug-likeness (QED) is 0.642. The normalized spacial score (nSPS) is 16.7. The van der Waals surface area contributed by atoms with Gasteiger partial charge in [-0.25, -0.2) is 8.42 Å². The zero-order valence-corrected chi connectivity index (χ0v) is 17.6. The third-order valence-electron chi connectivity index (χ3n) is 5.09. The molecule has 0 saturated carbocycles. The number of carbonyl (C=O) groups is 1. The second kappa shape index (κ2) is 8.84. The summed E-state index contributed by atoms with van der Waals surface area (Å²) in [5.74, 6) is 0.457. The maximum absolute atomic E-state index is 13.2. The van der Waals surface area contributed by atoms with Crippen LogP contribution in [0.5, 0.6) is 11.5 Å². The van der Waals surface area contributed by atoms with Crippen molar-refractivity contribution >= 4 is 16.0 Å². The third-order valence-corrected chi connectivity index (χ3v) is 6.94. The van der Waals surface area contributed by atoms with E-state index in [1.165, 1.54) is 18.5 Å². The number of hydrogen-bond donors (Lipinski definition) is 0. The van der Waals surface area contributed by atoms with Crippen LogP contribution in [0.25, 0.3) is 0 Å². The second-order valence-corrected chi connectivity index (χ2v) is 8.73. The van der Waals surface area contributed by atoms with Gasteiger partial charge in [-0.2, -0.15) is 4.31 Å². The number of fused-ring (bicyclic) bond motifs is 1. The van der Waals surface area contributed by atoms with Crippen LogP contribution in [-0.4, -0.2) is 46.6 Å². The molecule has 0 bridgehead atoms. The lowest BCUT2D eigenvalue weighted by Gasteiger charge is -2.36. The monoisotopic (exact) mass is 419 g/mol. The Bertz CT molecular complexity index is 974. The lowest BCUT2D eigenvalue weighted by molar-refractivity contribution is -0.141. The van der Waals surface area contributed by atoms with Gasteiger partial charge in [0, 0.05) is 6.54 Å². The Morgan fingerprint density at radius 3 is 2.34 bits per heavy atom. The largest absolute Gasteiger partial charge is 0.493 e. The second-order valence-electron chi connectivity index (χ2n) is 6.80. The van der Waals surface area contributed by atoms with E-state index in [1.54, 1.807) is 37.4 Å². The van der Waals surface area contributed by atoms with Crippen LogP contribution in [-0.2, 0) is 31.7 Å². The number of carbonyl (C=O) groups excluding carboxylic acids is 1. The molecule has 8 heteroatoms. The summed E-state index contributed by atoms with van der Waals surface area (Å²) in [4.78, 5) is 12.1. The molecule has 29 heavy (non-hydrogen) atoms. The first-order chi connectivity index (χ1) is 13.9. The van der Waals surface area contributed by atoms with Gasteiger partial charge in [0.15, 0.2) is 11.5 Å². The van der Waals surface area contributed by atoms with Crippen LogP contribution in [0.15, 0.2) is 42.5 Å². The first kappa shape index (κ1) is 21.1. The standard InChI is InChI=1S/C21H25NO6S/c1-26-19-11-16-9-10-22(29(24,25)14-15-7-5-4-6-8-15)18(13-21(23)28-3)17(16)12-20(19)27-2/h4-8,11-12,18H,9-10,13-14H2,1-3H3. The molecule has 0 N–H and O–H groups in total. The van der Waals surface area contributed by atoms with Gasteiger partial charge in [-0.3, -0.25) is 4.79 Å². The van der Waals surface area contributed by atoms with E-state index in [0.29, 0.717) is 23.5 Å². The molecule has 2 aromatic carbocycles. The molecule has 1 heterocycles. The predicted molar refractivity (Wildman–Crippen MR) is 108 cm³/mol. The summed E-state index contributed by atoms with van der Waals surface area (Å²) in [5.41, 5.74) is 2.36. The smallest absolute Gasteiger partial charge is 0.307 e. The van der Waals surface area contributed by atoms with Crippen molar-refractivity contribution in [1.82, 2.24) is 4.31 Å². The molecular formula is C21H25NO6S. The Kier molecular flexibility index (Phi) is 6.44. The van der Waals surface area contributed by atoms with Crippen molar-refractivity contribution in [3.8, 4) is 11.5 Å². The first-order valence-electron chi connectivity index (χ1n) is 9.24. The fraction of sp³-hybridized carbons (Fsp3) is 0.381. The van der Waals surface area contributed by atoms with Crippen LogP contribution in [0, 0.1) is 0 Å². The highest BCUT2D eigenvalue weighted by atomic mass is 32.2. The van der Waals surface area contributed by atoms with E-state index < -0.39 is 22.0 Å². The van der Waals surface area contributed by atoms with Crippen molar-refractivity contribution in [1.29, 1.82) is 0 Å². The van der Waals surface area contributed by atoms with E-state index >= 15 is 0 Å². The van der Waals surface area contributed by atoms with Gasteiger partial charge in [-0.15, -0.1) is 0 Å². The van der Waals surface area contributed by atoms with E-state index in [2.05, 4.69) is 0 Å². The number of ether oxygens (including phenoxy) is 3. The fourth-order valence-electron chi connectivity index (χ4n) is 3.66. The topological polar surface area (TPSA) is 82.1 Å². The van der Waals surface area contributed by atoms with E-state index in [1.807, 2.05) is 12.1 Å². The number of hydrogen-bond acceptors (Lipinski definition) is 6. The number of sulfonamides is 1. The molecule has 1 atom stereocenters. The molecule has 0 radical (unpaired) electrons. The van der Waals surface area contributed by atoms with E-state index in [0.717, 1.165) is 11.1 Å². The molecule has 156 valence electrons. The number of nitrogens with zero attached hydrogens (tertiary/aromatic N) is 1. The van der Waals surface area contributed by atoms with Gasteiger partial charge in [0.25, 0.3) is 0 Å². The van der Waals surface area contributed by atoms with E-state index in [4.69, 9.17) is 14.2 Å². The molecule has 1 aliphatic heterocycles. The average Bonchev–Trinajstić information content (AvgIpc) is 2.72. The fourth-order valence-corrected chi connectivity index (χ4v) is 5.38. The number of rotatable bonds is 7. The number of methoxy groups -OCH3 is 3. The van der Waals surface area contributed by atoms with Crippen LogP contribution < -0.4 is 9.47 Å². The molecule has 3 rings (SSSR count). The highest BCUT2D eigenvalue weighted by molar-refractivity contribution is 7.88. The molecule has 0 aliphatic carbocycles. The van der Waals surface area contributed by atoms with E-state index in [-0.39, 0.29) is 18.7 Å². The van der Waals surface area contributed by atoms with Crippen LogP contribution in [0.2, 0.25) is 0 Å². The van der Waals surface area contributed by atoms with Crippen molar-refractivity contribution < 1.29 is 27.4 Å². The van der Waals surface area contributed by atoms with Gasteiger partial charge in [-0.05, 0) is 35.2 Å². The molecule has 1 unspecified atom stereocenters. The van der Waals surface area contributed by atoms with Gasteiger partial charge in [0.05, 0.1) is 39.5 Å². The maximum atomic E-state index is 13.2. The van der Waals surface area contributed by atoms with Crippen molar-refractivity contribution in [2.24, 2.45) is 0 Å². The van der Waals surface area contributed by atoms with Crippen LogP contribution in [0.1, 0.15) is 29.2 Å². The van der Waals surface area contributed by atoms with Crippen molar-refractivity contribution in [3.05, 3.63) is 59.2 Å². The Balaban J connectivity index is 2.02. The van der Waals surface area contributed by atoms with Gasteiger partial charge < -0.3 is 14.2 Å². The summed E-state index contributed by atoms with van der Waals surface area (Å²) in [5, 5.41) is 0. The Morgan fingerprint density at radius 1 is 1.07 bits per heavy atom. The minimum atomic E-state index is -3.66. The van der Waals surface area contributed by atoms with Crippen molar-refractivity contribution in [2.45, 2.75) is 24.6 Å². The summed E-state index contributed by atoms with van der Waals surface area (Å²) in [6.07, 6.45) is 0.439. The van der Waals surface area contributed by atoms with Crippen LogP contribution in [0.3, 0.4) is 0 Å². The molecule has 7 nitrogen and oxygen atoms in total. The lowest BCUT2D eigenvalue weighted by Crippen LogP contribution is -2.41. The zero-order chi connectivity index (χ0) is 21.0. The SMILES string of the molecule is COC(=O)CC1c2cc(OC)c(OC)cc2CCN1S(=O)(=O)Cc1ccccc1. The molecule has 0 amide bonds. The number of esters is 1. The van der Waals surface area contributed by atoms with Crippen LogP contribution in [0.4, 0.5) is 0 Å². The molecule has 0 fully saturated rings.